The van der Waals surface area contributed by atoms with E-state index in [-0.39, 0.29) is 17.2 Å². The summed E-state index contributed by atoms with van der Waals surface area (Å²) in [6, 6.07) is 5.10. The zero-order valence-electron chi connectivity index (χ0n) is 14.9. The van der Waals surface area contributed by atoms with E-state index in [1.165, 1.54) is 37.1 Å². The quantitative estimate of drug-likeness (QED) is 0.337. The normalized spacial score (nSPS) is 19.6. The summed E-state index contributed by atoms with van der Waals surface area (Å²) in [5.41, 5.74) is 0.0689. The third-order valence-corrected chi connectivity index (χ3v) is 4.71. The van der Waals surface area contributed by atoms with Crippen molar-refractivity contribution in [2.75, 3.05) is 32.7 Å². The van der Waals surface area contributed by atoms with Crippen LogP contribution in [-0.2, 0) is 9.53 Å². The first-order valence-electron chi connectivity index (χ1n) is 8.97. The summed E-state index contributed by atoms with van der Waals surface area (Å²) < 4.78 is 5.27. The van der Waals surface area contributed by atoms with Crippen LogP contribution in [0.3, 0.4) is 0 Å². The van der Waals surface area contributed by atoms with Crippen molar-refractivity contribution in [2.45, 2.75) is 25.4 Å². The molecule has 2 fully saturated rings. The Bertz CT molecular complexity index is 775. The number of carbonyl (C=O) groups excluding carboxylic acids is 2. The number of likely N-dealkylation sites (tertiary alicyclic amines) is 2. The second kappa shape index (κ2) is 8.64. The molecule has 0 spiro atoms. The fourth-order valence-electron chi connectivity index (χ4n) is 3.15. The lowest BCUT2D eigenvalue weighted by molar-refractivity contribution is -0.384. The van der Waals surface area contributed by atoms with Crippen LogP contribution < -0.4 is 0 Å². The lowest BCUT2D eigenvalue weighted by Crippen LogP contribution is -2.32. The van der Waals surface area contributed by atoms with E-state index >= 15 is 0 Å². The predicted molar refractivity (Wildman–Crippen MR) is 96.9 cm³/mol. The molecule has 0 aliphatic carbocycles. The molecular weight excluding hydrogens is 350 g/mol. The van der Waals surface area contributed by atoms with E-state index in [4.69, 9.17) is 4.74 Å². The fourth-order valence-corrected chi connectivity index (χ4v) is 3.15. The molecule has 1 aromatic rings. The van der Waals surface area contributed by atoms with E-state index in [0.717, 1.165) is 19.6 Å². The van der Waals surface area contributed by atoms with E-state index in [2.05, 4.69) is 16.7 Å². The number of benzene rings is 1. The van der Waals surface area contributed by atoms with Gasteiger partial charge in [0.05, 0.1) is 23.6 Å². The number of amides is 1. The molecule has 0 bridgehead atoms. The first-order valence-corrected chi connectivity index (χ1v) is 8.97. The average molecular weight is 371 g/mol. The summed E-state index contributed by atoms with van der Waals surface area (Å²) in [7, 11) is 0. The average Bonchev–Trinajstić information content (AvgIpc) is 3.30. The molecule has 2 aliphatic rings. The molecule has 0 N–H and O–H groups in total. The number of carbonyl (C=O) groups is 2. The van der Waals surface area contributed by atoms with Crippen LogP contribution >= 0.6 is 0 Å². The number of esters is 1. The molecule has 2 aliphatic heterocycles. The van der Waals surface area contributed by atoms with Crippen molar-refractivity contribution in [2.24, 2.45) is 0 Å². The number of ether oxygens (including phenoxy) is 1. The maximum atomic E-state index is 12.3. The number of hydrogen-bond acceptors (Lipinski definition) is 6. The summed E-state index contributed by atoms with van der Waals surface area (Å²) in [6.07, 6.45) is 2.03. The Morgan fingerprint density at radius 3 is 2.48 bits per heavy atom. The molecule has 1 amide bonds. The second-order valence-electron chi connectivity index (χ2n) is 6.58. The molecule has 142 valence electrons. The topological polar surface area (TPSA) is 93.0 Å². The van der Waals surface area contributed by atoms with Gasteiger partial charge in [0.1, 0.15) is 0 Å². The molecule has 2 saturated heterocycles. The Labute approximate surface area is 157 Å². The summed E-state index contributed by atoms with van der Waals surface area (Å²) in [4.78, 5) is 38.5. The highest BCUT2D eigenvalue weighted by Crippen LogP contribution is 2.18. The number of nitrogens with zero attached hydrogens (tertiary/aromatic N) is 3. The van der Waals surface area contributed by atoms with Gasteiger partial charge >= 0.3 is 5.97 Å². The van der Waals surface area contributed by atoms with Crippen LogP contribution in [0, 0.1) is 22.0 Å². The summed E-state index contributed by atoms with van der Waals surface area (Å²) in [5, 5.41) is 10.6. The van der Waals surface area contributed by atoms with Crippen molar-refractivity contribution in [1.82, 2.24) is 9.80 Å². The van der Waals surface area contributed by atoms with Crippen LogP contribution in [0.25, 0.3) is 0 Å². The van der Waals surface area contributed by atoms with Gasteiger partial charge in [-0.25, -0.2) is 4.79 Å². The molecule has 1 aromatic carbocycles. The molecule has 1 atom stereocenters. The van der Waals surface area contributed by atoms with Gasteiger partial charge in [-0.15, -0.1) is 0 Å². The minimum absolute atomic E-state index is 0.109. The smallest absolute Gasteiger partial charge is 0.338 e. The zero-order valence-corrected chi connectivity index (χ0v) is 14.9. The lowest BCUT2D eigenvalue weighted by atomic mass is 10.2. The van der Waals surface area contributed by atoms with Crippen molar-refractivity contribution < 1.29 is 19.2 Å². The highest BCUT2D eigenvalue weighted by molar-refractivity contribution is 5.93. The highest BCUT2D eigenvalue weighted by Gasteiger charge is 2.34. The number of hydrogen-bond donors (Lipinski definition) is 0. The molecule has 8 nitrogen and oxygen atoms in total. The molecule has 8 heteroatoms. The summed E-state index contributed by atoms with van der Waals surface area (Å²) in [6.45, 7) is 3.71. The first-order chi connectivity index (χ1) is 13.0. The Balaban J connectivity index is 1.48. The van der Waals surface area contributed by atoms with E-state index in [1.54, 1.807) is 4.90 Å². The van der Waals surface area contributed by atoms with Crippen LogP contribution in [-0.4, -0.2) is 65.4 Å². The SMILES string of the molecule is O=C(O[C@H]1CCN(CC#CCN2CCCC2)C1=O)c1ccc([N+](=O)[O-])cc1. The minimum Gasteiger partial charge on any atom is -0.449 e. The van der Waals surface area contributed by atoms with Crippen molar-refractivity contribution in [3.05, 3.63) is 39.9 Å². The Morgan fingerprint density at radius 1 is 1.15 bits per heavy atom. The Kier molecular flexibility index (Phi) is 6.04. The van der Waals surface area contributed by atoms with Gasteiger partial charge in [0.2, 0.25) is 0 Å². The molecule has 0 unspecified atom stereocenters. The summed E-state index contributed by atoms with van der Waals surface area (Å²) in [5.74, 6) is 5.19. The number of nitro benzene ring substituents is 1. The molecule has 0 radical (unpaired) electrons. The third-order valence-electron chi connectivity index (χ3n) is 4.71. The summed E-state index contributed by atoms with van der Waals surface area (Å²) >= 11 is 0. The van der Waals surface area contributed by atoms with Gasteiger partial charge in [0, 0.05) is 25.1 Å². The number of rotatable bonds is 5. The molecule has 0 aromatic heterocycles. The van der Waals surface area contributed by atoms with Crippen molar-refractivity contribution in [3.63, 3.8) is 0 Å². The number of nitro groups is 1. The van der Waals surface area contributed by atoms with E-state index in [1.807, 2.05) is 0 Å². The zero-order chi connectivity index (χ0) is 19.2. The lowest BCUT2D eigenvalue weighted by Gasteiger charge is -2.14. The molecule has 3 rings (SSSR count). The minimum atomic E-state index is -0.826. The van der Waals surface area contributed by atoms with Crippen LogP contribution in [0.15, 0.2) is 24.3 Å². The third kappa shape index (κ3) is 4.83. The predicted octanol–water partition coefficient (Wildman–Crippen LogP) is 1.45. The van der Waals surface area contributed by atoms with Crippen LogP contribution in [0.4, 0.5) is 5.69 Å². The Morgan fingerprint density at radius 2 is 1.81 bits per heavy atom. The monoisotopic (exact) mass is 371 g/mol. The second-order valence-corrected chi connectivity index (χ2v) is 6.58. The molecule has 2 heterocycles. The maximum absolute atomic E-state index is 12.3. The molecule has 0 saturated carbocycles. The van der Waals surface area contributed by atoms with Crippen LogP contribution in [0.2, 0.25) is 0 Å². The van der Waals surface area contributed by atoms with Crippen LogP contribution in [0.1, 0.15) is 29.6 Å². The molecule has 27 heavy (non-hydrogen) atoms. The molecular formula is C19H21N3O5. The van der Waals surface area contributed by atoms with Gasteiger partial charge in [0.15, 0.2) is 6.10 Å². The van der Waals surface area contributed by atoms with Gasteiger partial charge in [-0.2, -0.15) is 0 Å². The first kappa shape index (κ1) is 18.9. The van der Waals surface area contributed by atoms with Gasteiger partial charge in [-0.05, 0) is 38.1 Å². The van der Waals surface area contributed by atoms with E-state index in [0.29, 0.717) is 19.5 Å². The maximum Gasteiger partial charge on any atom is 0.338 e. The van der Waals surface area contributed by atoms with Crippen LogP contribution in [0.5, 0.6) is 0 Å². The van der Waals surface area contributed by atoms with Crippen molar-refractivity contribution >= 4 is 17.6 Å². The number of non-ortho nitro benzene ring substituents is 1. The van der Waals surface area contributed by atoms with Gasteiger partial charge < -0.3 is 9.64 Å². The van der Waals surface area contributed by atoms with Gasteiger partial charge in [-0.3, -0.25) is 19.8 Å². The van der Waals surface area contributed by atoms with E-state index in [9.17, 15) is 19.7 Å². The van der Waals surface area contributed by atoms with E-state index < -0.39 is 17.0 Å². The highest BCUT2D eigenvalue weighted by atomic mass is 16.6. The van der Waals surface area contributed by atoms with Gasteiger partial charge in [-0.1, -0.05) is 11.8 Å². The Hall–Kier alpha value is -2.92. The largest absolute Gasteiger partial charge is 0.449 e. The fraction of sp³-hybridized carbons (Fsp3) is 0.474. The standard InChI is InChI=1S/C19H21N3O5/c23-18-17(27-19(24)15-5-7-16(8-6-15)22(25)26)9-14-21(18)13-4-3-12-20-10-1-2-11-20/h5-8,17H,1-2,9-14H2/t17-/m0/s1. The van der Waals surface area contributed by atoms with Crippen molar-refractivity contribution in [1.29, 1.82) is 0 Å². The van der Waals surface area contributed by atoms with Gasteiger partial charge in [0.25, 0.3) is 11.6 Å². The van der Waals surface area contributed by atoms with Crippen molar-refractivity contribution in [3.8, 4) is 11.8 Å².